The Hall–Kier alpha value is -2.37. The summed E-state index contributed by atoms with van der Waals surface area (Å²) in [5.41, 5.74) is 0.0914. The summed E-state index contributed by atoms with van der Waals surface area (Å²) < 4.78 is 31.0. The number of methoxy groups -OCH3 is 1. The van der Waals surface area contributed by atoms with Crippen LogP contribution in [0.25, 0.3) is 4.85 Å². The third-order valence-electron chi connectivity index (χ3n) is 4.91. The molecule has 2 atom stereocenters. The van der Waals surface area contributed by atoms with E-state index in [0.717, 1.165) is 0 Å². The van der Waals surface area contributed by atoms with Gasteiger partial charge in [0.2, 0.25) is 5.69 Å². The number of carbonyl (C=O) groups excluding carboxylic acids is 1. The summed E-state index contributed by atoms with van der Waals surface area (Å²) in [5, 5.41) is 0. The van der Waals surface area contributed by atoms with Crippen molar-refractivity contribution < 1.29 is 23.4 Å². The van der Waals surface area contributed by atoms with Crippen LogP contribution in [0.1, 0.15) is 32.4 Å². The molecule has 0 bridgehead atoms. The largest absolute Gasteiger partial charge is 0.508 e. The Bertz CT molecular complexity index is 787. The molecule has 0 aromatic heterocycles. The molecule has 2 heterocycles. The molecule has 0 aliphatic carbocycles. The minimum Gasteiger partial charge on any atom is -0.508 e. The van der Waals surface area contributed by atoms with Gasteiger partial charge in [-0.1, -0.05) is 0 Å². The van der Waals surface area contributed by atoms with Crippen LogP contribution in [0, 0.1) is 12.4 Å². The third-order valence-corrected chi connectivity index (χ3v) is 4.91. The van der Waals surface area contributed by atoms with Gasteiger partial charge in [-0.2, -0.15) is 0 Å². The highest BCUT2D eigenvalue weighted by Crippen LogP contribution is 2.36. The van der Waals surface area contributed by atoms with E-state index in [0.29, 0.717) is 38.3 Å². The number of benzene rings is 1. The Balaban J connectivity index is 1.67. The summed E-state index contributed by atoms with van der Waals surface area (Å²) >= 11 is 0. The first-order valence-corrected chi connectivity index (χ1v) is 9.30. The van der Waals surface area contributed by atoms with E-state index in [1.165, 1.54) is 19.2 Å². The lowest BCUT2D eigenvalue weighted by atomic mass is 10.0. The minimum atomic E-state index is -0.533. The molecule has 28 heavy (non-hydrogen) atoms. The van der Waals surface area contributed by atoms with Gasteiger partial charge in [-0.3, -0.25) is 4.90 Å². The van der Waals surface area contributed by atoms with Crippen molar-refractivity contribution in [3.63, 3.8) is 0 Å². The number of nitrogens with zero attached hydrogens (tertiary/aromatic N) is 3. The van der Waals surface area contributed by atoms with Crippen LogP contribution in [-0.4, -0.2) is 67.4 Å². The van der Waals surface area contributed by atoms with Gasteiger partial charge in [0.25, 0.3) is 0 Å². The first kappa shape index (κ1) is 20.4. The molecular weight excluding hydrogens is 365 g/mol. The van der Waals surface area contributed by atoms with Crippen molar-refractivity contribution >= 4 is 11.8 Å². The van der Waals surface area contributed by atoms with Crippen LogP contribution in [0.5, 0.6) is 5.75 Å². The maximum absolute atomic E-state index is 14.5. The molecule has 0 unspecified atom stereocenters. The standard InChI is InChI=1S/C20H26FN3O4/c1-20(2,3)28-19(25)24-7-6-23-11-18(27-12-13(23)10-24)14-8-16(22-4)17(26-5)9-15(14)21/h8-9,13,18H,6-7,10-12H2,1-3,5H3/t13-,18-/m1/s1. The van der Waals surface area contributed by atoms with Crippen molar-refractivity contribution in [2.75, 3.05) is 39.9 Å². The summed E-state index contributed by atoms with van der Waals surface area (Å²) in [6.07, 6.45) is -0.784. The van der Waals surface area contributed by atoms with Crippen molar-refractivity contribution in [2.24, 2.45) is 0 Å². The van der Waals surface area contributed by atoms with Gasteiger partial charge in [0.05, 0.1) is 32.4 Å². The van der Waals surface area contributed by atoms with Crippen molar-refractivity contribution in [1.82, 2.24) is 9.80 Å². The molecule has 3 rings (SSSR count). The predicted octanol–water partition coefficient (Wildman–Crippen LogP) is 3.38. The van der Waals surface area contributed by atoms with Crippen LogP contribution >= 0.6 is 0 Å². The normalized spacial score (nSPS) is 22.9. The summed E-state index contributed by atoms with van der Waals surface area (Å²) in [5.74, 6) is -0.226. The molecule has 1 amide bonds. The minimum absolute atomic E-state index is 0.0409. The number of rotatable bonds is 2. The fourth-order valence-corrected chi connectivity index (χ4v) is 3.52. The van der Waals surface area contributed by atoms with Gasteiger partial charge < -0.3 is 19.1 Å². The molecular formula is C20H26FN3O4. The van der Waals surface area contributed by atoms with Gasteiger partial charge in [0, 0.05) is 37.8 Å². The quantitative estimate of drug-likeness (QED) is 0.724. The molecule has 0 spiro atoms. The summed E-state index contributed by atoms with van der Waals surface area (Å²) in [4.78, 5) is 19.6. The van der Waals surface area contributed by atoms with E-state index < -0.39 is 17.5 Å². The molecule has 2 fully saturated rings. The van der Waals surface area contributed by atoms with E-state index in [9.17, 15) is 9.18 Å². The highest BCUT2D eigenvalue weighted by Gasteiger charge is 2.37. The summed E-state index contributed by atoms with van der Waals surface area (Å²) in [6.45, 7) is 15.4. The molecule has 1 aromatic carbocycles. The lowest BCUT2D eigenvalue weighted by molar-refractivity contribution is -0.0915. The maximum atomic E-state index is 14.5. The molecule has 1 aromatic rings. The smallest absolute Gasteiger partial charge is 0.410 e. The highest BCUT2D eigenvalue weighted by atomic mass is 19.1. The Kier molecular flexibility index (Phi) is 5.77. The maximum Gasteiger partial charge on any atom is 0.410 e. The lowest BCUT2D eigenvalue weighted by Gasteiger charge is -2.46. The lowest BCUT2D eigenvalue weighted by Crippen LogP contribution is -2.60. The first-order valence-electron chi connectivity index (χ1n) is 9.30. The Morgan fingerprint density at radius 2 is 2.07 bits per heavy atom. The second-order valence-electron chi connectivity index (χ2n) is 8.05. The second-order valence-corrected chi connectivity index (χ2v) is 8.05. The number of piperazine rings is 1. The SMILES string of the molecule is [C-]#[N+]c1cc([C@H]2CN3CCN(C(=O)OC(C)(C)C)C[C@@H]3CO2)c(F)cc1OC. The molecule has 2 aliphatic heterocycles. The first-order chi connectivity index (χ1) is 13.2. The van der Waals surface area contributed by atoms with Crippen molar-refractivity contribution in [1.29, 1.82) is 0 Å². The molecule has 0 radical (unpaired) electrons. The van der Waals surface area contributed by atoms with E-state index in [1.807, 2.05) is 20.8 Å². The Labute approximate surface area is 164 Å². The number of ether oxygens (including phenoxy) is 3. The van der Waals surface area contributed by atoms with Crippen LogP contribution in [0.4, 0.5) is 14.9 Å². The molecule has 0 N–H and O–H groups in total. The monoisotopic (exact) mass is 391 g/mol. The number of halogens is 1. The Morgan fingerprint density at radius 1 is 1.32 bits per heavy atom. The fraction of sp³-hybridized carbons (Fsp3) is 0.600. The zero-order chi connectivity index (χ0) is 20.5. The van der Waals surface area contributed by atoms with Crippen molar-refractivity contribution in [3.8, 4) is 5.75 Å². The van der Waals surface area contributed by atoms with Crippen LogP contribution in [0.3, 0.4) is 0 Å². The number of hydrogen-bond donors (Lipinski definition) is 0. The zero-order valence-corrected chi connectivity index (χ0v) is 16.7. The van der Waals surface area contributed by atoms with E-state index in [2.05, 4.69) is 9.74 Å². The van der Waals surface area contributed by atoms with E-state index in [1.54, 1.807) is 4.90 Å². The van der Waals surface area contributed by atoms with Crippen LogP contribution in [-0.2, 0) is 9.47 Å². The summed E-state index contributed by atoms with van der Waals surface area (Å²) in [7, 11) is 1.41. The van der Waals surface area contributed by atoms with Gasteiger partial charge in [0.1, 0.15) is 17.2 Å². The van der Waals surface area contributed by atoms with Gasteiger partial charge in [0.15, 0.2) is 0 Å². The van der Waals surface area contributed by atoms with Crippen LogP contribution < -0.4 is 4.74 Å². The van der Waals surface area contributed by atoms with Gasteiger partial charge in [-0.15, -0.1) is 0 Å². The molecule has 2 aliphatic rings. The van der Waals surface area contributed by atoms with Gasteiger partial charge >= 0.3 is 6.09 Å². The summed E-state index contributed by atoms with van der Waals surface area (Å²) in [6, 6.07) is 2.78. The number of amides is 1. The molecule has 0 saturated carbocycles. The van der Waals surface area contributed by atoms with E-state index >= 15 is 0 Å². The van der Waals surface area contributed by atoms with E-state index in [4.69, 9.17) is 20.8 Å². The van der Waals surface area contributed by atoms with Gasteiger partial charge in [-0.05, 0) is 26.8 Å². The van der Waals surface area contributed by atoms with Crippen molar-refractivity contribution in [3.05, 3.63) is 34.9 Å². The average Bonchev–Trinajstić information content (AvgIpc) is 2.65. The van der Waals surface area contributed by atoms with E-state index in [-0.39, 0.29) is 23.6 Å². The second kappa shape index (κ2) is 7.94. The van der Waals surface area contributed by atoms with Crippen molar-refractivity contribution in [2.45, 2.75) is 38.5 Å². The zero-order valence-electron chi connectivity index (χ0n) is 16.7. The topological polar surface area (TPSA) is 55.6 Å². The molecule has 2 saturated heterocycles. The molecule has 8 heteroatoms. The predicted molar refractivity (Wildman–Crippen MR) is 101 cm³/mol. The fourth-order valence-electron chi connectivity index (χ4n) is 3.52. The average molecular weight is 391 g/mol. The molecule has 7 nitrogen and oxygen atoms in total. The van der Waals surface area contributed by atoms with Crippen LogP contribution in [0.15, 0.2) is 12.1 Å². The number of hydrogen-bond acceptors (Lipinski definition) is 5. The number of morpholine rings is 1. The highest BCUT2D eigenvalue weighted by molar-refractivity contribution is 5.68. The van der Waals surface area contributed by atoms with Crippen LogP contribution in [0.2, 0.25) is 0 Å². The third kappa shape index (κ3) is 4.37. The molecule has 152 valence electrons. The van der Waals surface area contributed by atoms with Gasteiger partial charge in [-0.25, -0.2) is 14.0 Å². The Morgan fingerprint density at radius 3 is 2.71 bits per heavy atom. The number of fused-ring (bicyclic) bond motifs is 1. The number of carbonyl (C=O) groups is 1.